The summed E-state index contributed by atoms with van der Waals surface area (Å²) in [6.45, 7) is 5.86. The topological polar surface area (TPSA) is 116 Å². The van der Waals surface area contributed by atoms with Crippen molar-refractivity contribution in [1.29, 1.82) is 0 Å². The van der Waals surface area contributed by atoms with Crippen LogP contribution in [0.5, 0.6) is 0 Å². The number of aromatic amines is 1. The summed E-state index contributed by atoms with van der Waals surface area (Å²) in [4.78, 5) is 47.3. The molecule has 1 fully saturated rings. The highest BCUT2D eigenvalue weighted by Crippen LogP contribution is 2.19. The minimum absolute atomic E-state index is 0.204. The van der Waals surface area contributed by atoms with Crippen molar-refractivity contribution < 1.29 is 9.21 Å². The maximum atomic E-state index is 12.4. The second-order valence-corrected chi connectivity index (χ2v) is 7.18. The third kappa shape index (κ3) is 3.73. The molecule has 2 N–H and O–H groups in total. The number of anilines is 1. The molecule has 0 saturated carbocycles. The van der Waals surface area contributed by atoms with Gasteiger partial charge in [-0.05, 0) is 25.1 Å². The molecule has 1 amide bonds. The van der Waals surface area contributed by atoms with Gasteiger partial charge in [-0.2, -0.15) is 0 Å². The van der Waals surface area contributed by atoms with E-state index in [2.05, 4.69) is 25.1 Å². The van der Waals surface area contributed by atoms with Crippen LogP contribution in [0.15, 0.2) is 38.4 Å². The van der Waals surface area contributed by atoms with Crippen LogP contribution in [0.2, 0.25) is 0 Å². The van der Waals surface area contributed by atoms with Crippen molar-refractivity contribution in [2.24, 2.45) is 0 Å². The Bertz CT molecular complexity index is 1170. The Morgan fingerprint density at radius 1 is 1.23 bits per heavy atom. The van der Waals surface area contributed by atoms with Crippen LogP contribution < -0.4 is 21.5 Å². The fourth-order valence-electron chi connectivity index (χ4n) is 3.68. The molecule has 1 aliphatic rings. The van der Waals surface area contributed by atoms with Crippen molar-refractivity contribution in [2.45, 2.75) is 20.0 Å². The zero-order valence-electron chi connectivity index (χ0n) is 17.0. The first-order valence-corrected chi connectivity index (χ1v) is 9.91. The summed E-state index contributed by atoms with van der Waals surface area (Å²) in [5.41, 5.74) is 0.809. The summed E-state index contributed by atoms with van der Waals surface area (Å²) in [6.07, 6.45) is 1.72. The molecule has 4 heterocycles. The second kappa shape index (κ2) is 8.15. The summed E-state index contributed by atoms with van der Waals surface area (Å²) < 4.78 is 6.87. The molecule has 158 valence electrons. The summed E-state index contributed by atoms with van der Waals surface area (Å²) in [6, 6.07) is 5.34. The number of nitrogens with one attached hydrogen (secondary N) is 2. The number of nitrogens with zero attached hydrogens (tertiary/aromatic N) is 4. The van der Waals surface area contributed by atoms with E-state index in [1.54, 1.807) is 32.3 Å². The van der Waals surface area contributed by atoms with Crippen molar-refractivity contribution in [3.63, 3.8) is 0 Å². The second-order valence-electron chi connectivity index (χ2n) is 7.18. The van der Waals surface area contributed by atoms with Gasteiger partial charge in [-0.3, -0.25) is 24.0 Å². The molecule has 0 aromatic carbocycles. The van der Waals surface area contributed by atoms with Crippen LogP contribution in [0.25, 0.3) is 11.1 Å². The first-order valence-electron chi connectivity index (χ1n) is 9.91. The van der Waals surface area contributed by atoms with E-state index in [1.165, 1.54) is 0 Å². The molecule has 30 heavy (non-hydrogen) atoms. The van der Waals surface area contributed by atoms with Gasteiger partial charge in [-0.1, -0.05) is 0 Å². The quantitative estimate of drug-likeness (QED) is 0.622. The van der Waals surface area contributed by atoms with Gasteiger partial charge in [0.05, 0.1) is 18.4 Å². The highest BCUT2D eigenvalue weighted by Gasteiger charge is 2.20. The van der Waals surface area contributed by atoms with Crippen LogP contribution in [0.4, 0.5) is 5.69 Å². The fraction of sp³-hybridized carbons (Fsp3) is 0.400. The average Bonchev–Trinajstić information content (AvgIpc) is 3.16. The maximum absolute atomic E-state index is 12.4. The van der Waals surface area contributed by atoms with Gasteiger partial charge in [0, 0.05) is 39.8 Å². The zero-order valence-corrected chi connectivity index (χ0v) is 17.0. The van der Waals surface area contributed by atoms with E-state index in [0.717, 1.165) is 36.4 Å². The fourth-order valence-corrected chi connectivity index (χ4v) is 3.68. The van der Waals surface area contributed by atoms with Crippen LogP contribution in [-0.2, 0) is 13.1 Å². The molecule has 0 aliphatic carbocycles. The largest absolute Gasteiger partial charge is 0.443 e. The van der Waals surface area contributed by atoms with E-state index in [1.807, 2.05) is 6.07 Å². The van der Waals surface area contributed by atoms with Gasteiger partial charge in [0.2, 0.25) is 5.71 Å². The maximum Gasteiger partial charge on any atom is 0.331 e. The highest BCUT2D eigenvalue weighted by molar-refractivity contribution is 5.92. The van der Waals surface area contributed by atoms with E-state index in [9.17, 15) is 14.4 Å². The van der Waals surface area contributed by atoms with Gasteiger partial charge in [-0.25, -0.2) is 9.78 Å². The number of hydrogen-bond acceptors (Lipinski definition) is 7. The zero-order chi connectivity index (χ0) is 21.3. The number of fused-ring (bicyclic) bond motifs is 1. The van der Waals surface area contributed by atoms with Crippen LogP contribution in [0, 0.1) is 0 Å². The first-order chi connectivity index (χ1) is 14.5. The van der Waals surface area contributed by atoms with Crippen LogP contribution in [0.1, 0.15) is 23.2 Å². The molecule has 10 heteroatoms. The lowest BCUT2D eigenvalue weighted by Gasteiger charge is -2.35. The number of H-pyrrole nitrogens is 1. The molecule has 10 nitrogen and oxygen atoms in total. The molecule has 0 radical (unpaired) electrons. The standard InChI is InChI=1S/C20H24N6O4/c1-3-26-19(28)15-10-14(30-18(15)23-20(26)29)12-24-6-8-25(9-7-24)13-4-5-16(22-11-13)17(27)21-2/h4-5,10-11H,3,6-9,12H2,1-2H3,(H,21,27)(H,23,29). The number of piperazine rings is 1. The van der Waals surface area contributed by atoms with Crippen LogP contribution >= 0.6 is 0 Å². The van der Waals surface area contributed by atoms with Gasteiger partial charge in [-0.15, -0.1) is 0 Å². The molecule has 4 rings (SSSR count). The predicted molar refractivity (Wildman–Crippen MR) is 112 cm³/mol. The monoisotopic (exact) mass is 412 g/mol. The summed E-state index contributed by atoms with van der Waals surface area (Å²) in [5, 5.41) is 2.96. The molecule has 0 atom stereocenters. The Morgan fingerprint density at radius 3 is 2.63 bits per heavy atom. The molecular weight excluding hydrogens is 388 g/mol. The Balaban J connectivity index is 1.41. The normalized spacial score (nSPS) is 14.9. The lowest BCUT2D eigenvalue weighted by Crippen LogP contribution is -2.46. The van der Waals surface area contributed by atoms with E-state index in [-0.39, 0.29) is 17.2 Å². The summed E-state index contributed by atoms with van der Waals surface area (Å²) in [5.74, 6) is 0.445. The Morgan fingerprint density at radius 2 is 2.00 bits per heavy atom. The van der Waals surface area contributed by atoms with Crippen molar-refractivity contribution in [3.8, 4) is 0 Å². The summed E-state index contributed by atoms with van der Waals surface area (Å²) in [7, 11) is 1.58. The third-order valence-corrected chi connectivity index (χ3v) is 5.36. The highest BCUT2D eigenvalue weighted by atomic mass is 16.3. The molecule has 0 unspecified atom stereocenters. The van der Waals surface area contributed by atoms with Crippen molar-refractivity contribution in [1.82, 2.24) is 24.8 Å². The SMILES string of the molecule is CCn1c(=O)[nH]c2oc(CN3CCN(c4ccc(C(=O)NC)nc4)CC3)cc2c1=O. The lowest BCUT2D eigenvalue weighted by molar-refractivity contribution is 0.0958. The molecular formula is C20H24N6O4. The van der Waals surface area contributed by atoms with Crippen molar-refractivity contribution in [2.75, 3.05) is 38.1 Å². The van der Waals surface area contributed by atoms with Gasteiger partial charge in [0.15, 0.2) is 0 Å². The Kier molecular flexibility index (Phi) is 5.40. The van der Waals surface area contributed by atoms with Crippen LogP contribution in [0.3, 0.4) is 0 Å². The number of rotatable bonds is 5. The molecule has 0 bridgehead atoms. The molecule has 3 aromatic rings. The Hall–Kier alpha value is -3.40. The Labute approximate surface area is 172 Å². The number of aromatic nitrogens is 3. The van der Waals surface area contributed by atoms with Gasteiger partial charge in [0.25, 0.3) is 11.5 Å². The predicted octanol–water partition coefficient (Wildman–Crippen LogP) is 0.380. The number of pyridine rings is 1. The van der Waals surface area contributed by atoms with Crippen molar-refractivity contribution >= 4 is 22.7 Å². The van der Waals surface area contributed by atoms with E-state index in [4.69, 9.17) is 4.42 Å². The van der Waals surface area contributed by atoms with Gasteiger partial charge in [0.1, 0.15) is 16.8 Å². The third-order valence-electron chi connectivity index (χ3n) is 5.36. The minimum atomic E-state index is -0.458. The number of amides is 1. The molecule has 1 saturated heterocycles. The van der Waals surface area contributed by atoms with E-state index in [0.29, 0.717) is 29.9 Å². The minimum Gasteiger partial charge on any atom is -0.443 e. The number of hydrogen-bond donors (Lipinski definition) is 2. The summed E-state index contributed by atoms with van der Waals surface area (Å²) >= 11 is 0. The number of carbonyl (C=O) groups is 1. The average molecular weight is 412 g/mol. The molecule has 1 aliphatic heterocycles. The lowest BCUT2D eigenvalue weighted by atomic mass is 10.2. The molecule has 0 spiro atoms. The van der Waals surface area contributed by atoms with Gasteiger partial charge < -0.3 is 14.6 Å². The number of carbonyl (C=O) groups excluding carboxylic acids is 1. The van der Waals surface area contributed by atoms with E-state index < -0.39 is 5.69 Å². The smallest absolute Gasteiger partial charge is 0.331 e. The van der Waals surface area contributed by atoms with Crippen LogP contribution in [-0.4, -0.2) is 58.6 Å². The number of furan rings is 1. The van der Waals surface area contributed by atoms with E-state index >= 15 is 0 Å². The molecule has 3 aromatic heterocycles. The van der Waals surface area contributed by atoms with Crippen molar-refractivity contribution in [3.05, 3.63) is 56.7 Å². The van der Waals surface area contributed by atoms with Gasteiger partial charge >= 0.3 is 5.69 Å². The first kappa shape index (κ1) is 19.9.